The van der Waals surface area contributed by atoms with Crippen molar-refractivity contribution < 1.29 is 18.0 Å². The van der Waals surface area contributed by atoms with Crippen molar-refractivity contribution in [1.82, 2.24) is 14.8 Å². The van der Waals surface area contributed by atoms with Crippen LogP contribution in [0.25, 0.3) is 0 Å². The molecule has 2 aromatic rings. The predicted molar refractivity (Wildman–Crippen MR) is 76.5 cm³/mol. The molecule has 1 aromatic carbocycles. The summed E-state index contributed by atoms with van der Waals surface area (Å²) < 4.78 is 39.5. The molecule has 0 aliphatic heterocycles. The SMILES string of the molecule is Cc1nnc(SCC(=O)Nc2cccc(C(F)(F)F)c2)n1C. The van der Waals surface area contributed by atoms with E-state index in [0.717, 1.165) is 23.9 Å². The molecule has 0 aliphatic rings. The number of nitrogens with zero attached hydrogens (tertiary/aromatic N) is 3. The standard InChI is InChI=1S/C13H13F3N4OS/c1-8-18-19-12(20(8)2)22-7-11(21)17-10-5-3-4-9(6-10)13(14,15)16/h3-6H,7H2,1-2H3,(H,17,21). The average Bonchev–Trinajstić information content (AvgIpc) is 2.76. The van der Waals surface area contributed by atoms with Crippen molar-refractivity contribution in [2.75, 3.05) is 11.1 Å². The minimum Gasteiger partial charge on any atom is -0.325 e. The van der Waals surface area contributed by atoms with Crippen LogP contribution in [0.5, 0.6) is 0 Å². The van der Waals surface area contributed by atoms with Crippen molar-refractivity contribution in [2.45, 2.75) is 18.3 Å². The van der Waals surface area contributed by atoms with Crippen molar-refractivity contribution in [2.24, 2.45) is 7.05 Å². The molecule has 1 amide bonds. The van der Waals surface area contributed by atoms with Crippen LogP contribution in [0, 0.1) is 6.92 Å². The van der Waals surface area contributed by atoms with Crippen molar-refractivity contribution in [3.63, 3.8) is 0 Å². The highest BCUT2D eigenvalue weighted by atomic mass is 32.2. The lowest BCUT2D eigenvalue weighted by atomic mass is 10.2. The van der Waals surface area contributed by atoms with Crippen LogP contribution in [0.4, 0.5) is 18.9 Å². The number of anilines is 1. The number of benzene rings is 1. The lowest BCUT2D eigenvalue weighted by Gasteiger charge is -2.09. The van der Waals surface area contributed by atoms with Crippen LogP contribution >= 0.6 is 11.8 Å². The second kappa shape index (κ2) is 6.39. The van der Waals surface area contributed by atoms with Crippen molar-refractivity contribution >= 4 is 23.4 Å². The van der Waals surface area contributed by atoms with E-state index in [1.807, 2.05) is 0 Å². The molecule has 118 valence electrons. The van der Waals surface area contributed by atoms with E-state index in [-0.39, 0.29) is 11.4 Å². The predicted octanol–water partition coefficient (Wildman–Crippen LogP) is 2.87. The van der Waals surface area contributed by atoms with Crippen LogP contribution in [0.3, 0.4) is 0 Å². The third kappa shape index (κ3) is 4.00. The van der Waals surface area contributed by atoms with Crippen LogP contribution in [-0.2, 0) is 18.0 Å². The summed E-state index contributed by atoms with van der Waals surface area (Å²) in [6, 6.07) is 4.50. The molecule has 1 N–H and O–H groups in total. The van der Waals surface area contributed by atoms with Gasteiger partial charge in [0.1, 0.15) is 5.82 Å². The maximum atomic E-state index is 12.6. The number of aromatic nitrogens is 3. The molecule has 0 atom stereocenters. The molecule has 0 radical (unpaired) electrons. The molecule has 1 heterocycles. The largest absolute Gasteiger partial charge is 0.416 e. The van der Waals surface area contributed by atoms with E-state index in [0.29, 0.717) is 11.0 Å². The van der Waals surface area contributed by atoms with E-state index in [1.54, 1.807) is 18.5 Å². The summed E-state index contributed by atoms with van der Waals surface area (Å²) in [5.74, 6) is 0.327. The molecule has 0 spiro atoms. The third-order valence-electron chi connectivity index (χ3n) is 2.86. The molecule has 5 nitrogen and oxygen atoms in total. The van der Waals surface area contributed by atoms with Gasteiger partial charge in [0.15, 0.2) is 5.16 Å². The normalized spacial score (nSPS) is 11.5. The molecule has 0 bridgehead atoms. The summed E-state index contributed by atoms with van der Waals surface area (Å²) >= 11 is 1.16. The maximum absolute atomic E-state index is 12.6. The van der Waals surface area contributed by atoms with E-state index in [1.165, 1.54) is 12.1 Å². The molecule has 2 rings (SSSR count). The molecule has 0 fully saturated rings. The number of hydrogen-bond donors (Lipinski definition) is 1. The Hall–Kier alpha value is -2.03. The van der Waals surface area contributed by atoms with Crippen molar-refractivity contribution in [1.29, 1.82) is 0 Å². The Morgan fingerprint density at radius 2 is 2.09 bits per heavy atom. The summed E-state index contributed by atoms with van der Waals surface area (Å²) in [7, 11) is 1.77. The molecule has 0 unspecified atom stereocenters. The van der Waals surface area contributed by atoms with Gasteiger partial charge >= 0.3 is 6.18 Å². The van der Waals surface area contributed by atoms with Gasteiger partial charge in [0, 0.05) is 12.7 Å². The maximum Gasteiger partial charge on any atom is 0.416 e. The van der Waals surface area contributed by atoms with Crippen LogP contribution in [-0.4, -0.2) is 26.4 Å². The Bertz CT molecular complexity index is 684. The van der Waals surface area contributed by atoms with Gasteiger partial charge in [-0.3, -0.25) is 4.79 Å². The number of thioether (sulfide) groups is 1. The van der Waals surface area contributed by atoms with Gasteiger partial charge in [0.2, 0.25) is 5.91 Å². The lowest BCUT2D eigenvalue weighted by Crippen LogP contribution is -2.15. The molecule has 0 aliphatic carbocycles. The quantitative estimate of drug-likeness (QED) is 0.876. The number of amides is 1. The van der Waals surface area contributed by atoms with E-state index >= 15 is 0 Å². The van der Waals surface area contributed by atoms with Gasteiger partial charge in [-0.25, -0.2) is 0 Å². The average molecular weight is 330 g/mol. The smallest absolute Gasteiger partial charge is 0.325 e. The number of nitrogens with one attached hydrogen (secondary N) is 1. The highest BCUT2D eigenvalue weighted by molar-refractivity contribution is 7.99. The summed E-state index contributed by atoms with van der Waals surface area (Å²) in [5, 5.41) is 10.7. The molecule has 1 aromatic heterocycles. The fraction of sp³-hybridized carbons (Fsp3) is 0.308. The molecule has 22 heavy (non-hydrogen) atoms. The Morgan fingerprint density at radius 1 is 1.36 bits per heavy atom. The Kier molecular flexibility index (Phi) is 4.74. The van der Waals surface area contributed by atoms with Crippen LogP contribution in [0.15, 0.2) is 29.4 Å². The Morgan fingerprint density at radius 3 is 2.68 bits per heavy atom. The van der Waals surface area contributed by atoms with Crippen molar-refractivity contribution in [3.8, 4) is 0 Å². The van der Waals surface area contributed by atoms with E-state index < -0.39 is 17.6 Å². The van der Waals surface area contributed by atoms with Gasteiger partial charge in [-0.1, -0.05) is 17.8 Å². The van der Waals surface area contributed by atoms with Gasteiger partial charge in [0.05, 0.1) is 11.3 Å². The zero-order valence-electron chi connectivity index (χ0n) is 11.8. The van der Waals surface area contributed by atoms with Crippen LogP contribution < -0.4 is 5.32 Å². The number of hydrogen-bond acceptors (Lipinski definition) is 4. The first-order chi connectivity index (χ1) is 10.3. The van der Waals surface area contributed by atoms with E-state index in [9.17, 15) is 18.0 Å². The molecule has 0 saturated heterocycles. The topological polar surface area (TPSA) is 59.8 Å². The first-order valence-electron chi connectivity index (χ1n) is 6.23. The summed E-state index contributed by atoms with van der Waals surface area (Å²) in [5.41, 5.74) is -0.698. The van der Waals surface area contributed by atoms with Crippen LogP contribution in [0.2, 0.25) is 0 Å². The van der Waals surface area contributed by atoms with Crippen LogP contribution in [0.1, 0.15) is 11.4 Å². The number of alkyl halides is 3. The molecule has 0 saturated carbocycles. The van der Waals surface area contributed by atoms with Gasteiger partial charge in [-0.05, 0) is 25.1 Å². The van der Waals surface area contributed by atoms with E-state index in [2.05, 4.69) is 15.5 Å². The number of aryl methyl sites for hydroxylation is 1. The second-order valence-electron chi connectivity index (χ2n) is 4.50. The summed E-state index contributed by atoms with van der Waals surface area (Å²) in [4.78, 5) is 11.8. The monoisotopic (exact) mass is 330 g/mol. The van der Waals surface area contributed by atoms with Crippen molar-refractivity contribution in [3.05, 3.63) is 35.7 Å². The first kappa shape index (κ1) is 16.3. The highest BCUT2D eigenvalue weighted by Crippen LogP contribution is 2.30. The second-order valence-corrected chi connectivity index (χ2v) is 5.45. The minimum absolute atomic E-state index is 0.0300. The Balaban J connectivity index is 1.96. The zero-order valence-corrected chi connectivity index (χ0v) is 12.6. The fourth-order valence-corrected chi connectivity index (χ4v) is 2.37. The summed E-state index contributed by atoms with van der Waals surface area (Å²) in [6.07, 6.45) is -4.44. The van der Waals surface area contributed by atoms with Gasteiger partial charge in [-0.15, -0.1) is 10.2 Å². The highest BCUT2D eigenvalue weighted by Gasteiger charge is 2.30. The molecular formula is C13H13F3N4OS. The van der Waals surface area contributed by atoms with Gasteiger partial charge in [0.25, 0.3) is 0 Å². The number of carbonyl (C=O) groups is 1. The lowest BCUT2D eigenvalue weighted by molar-refractivity contribution is -0.137. The van der Waals surface area contributed by atoms with Gasteiger partial charge in [-0.2, -0.15) is 13.2 Å². The minimum atomic E-state index is -4.44. The summed E-state index contributed by atoms with van der Waals surface area (Å²) in [6.45, 7) is 1.78. The number of rotatable bonds is 4. The van der Waals surface area contributed by atoms with Gasteiger partial charge < -0.3 is 9.88 Å². The zero-order chi connectivity index (χ0) is 16.3. The van der Waals surface area contributed by atoms with E-state index in [4.69, 9.17) is 0 Å². The fourth-order valence-electron chi connectivity index (χ4n) is 1.61. The first-order valence-corrected chi connectivity index (χ1v) is 7.22. The third-order valence-corrected chi connectivity index (χ3v) is 3.88. The molecule has 9 heteroatoms. The molecular weight excluding hydrogens is 317 g/mol. The Labute approximate surface area is 128 Å². The number of halogens is 3. The number of carbonyl (C=O) groups excluding carboxylic acids is 1.